The first-order valence-electron chi connectivity index (χ1n) is 14.0. The number of nitrogens with zero attached hydrogens (tertiary/aromatic N) is 2. The van der Waals surface area contributed by atoms with Crippen molar-refractivity contribution >= 4 is 46.5 Å². The first kappa shape index (κ1) is 35.3. The van der Waals surface area contributed by atoms with Gasteiger partial charge in [0.2, 0.25) is 17.7 Å². The van der Waals surface area contributed by atoms with Gasteiger partial charge in [0.25, 0.3) is 0 Å². The van der Waals surface area contributed by atoms with Crippen LogP contribution in [0.5, 0.6) is 0 Å². The molecule has 44 heavy (non-hydrogen) atoms. The van der Waals surface area contributed by atoms with Crippen LogP contribution in [-0.4, -0.2) is 94.2 Å². The number of aliphatic hydroxyl groups excluding tert-OH is 1. The molecule has 1 heterocycles. The number of amides is 3. The Morgan fingerprint density at radius 1 is 0.864 bits per heavy atom. The number of H-pyrrole nitrogens is 1. The Bertz CT molecular complexity index is 1330. The van der Waals surface area contributed by atoms with Crippen molar-refractivity contribution in [2.75, 3.05) is 13.1 Å². The van der Waals surface area contributed by atoms with Gasteiger partial charge in [0.05, 0.1) is 12.1 Å². The summed E-state index contributed by atoms with van der Waals surface area (Å²) < 4.78 is 0. The number of guanidine groups is 2. The van der Waals surface area contributed by atoms with Crippen LogP contribution in [-0.2, 0) is 25.6 Å². The molecule has 1 aromatic heterocycles. The Kier molecular flexibility index (Phi) is 13.9. The van der Waals surface area contributed by atoms with Gasteiger partial charge in [-0.15, -0.1) is 0 Å². The minimum atomic E-state index is -1.54. The van der Waals surface area contributed by atoms with Crippen LogP contribution < -0.4 is 44.6 Å². The molecule has 0 saturated carbocycles. The summed E-state index contributed by atoms with van der Waals surface area (Å²) in [5.41, 5.74) is 28.7. The molecule has 3 amide bonds. The highest BCUT2D eigenvalue weighted by Gasteiger charge is 2.33. The highest BCUT2D eigenvalue weighted by Crippen LogP contribution is 2.19. The molecular weight excluding hydrogens is 574 g/mol. The smallest absolute Gasteiger partial charge is 0.326 e. The van der Waals surface area contributed by atoms with Gasteiger partial charge in [0.1, 0.15) is 18.1 Å². The number of para-hydroxylation sites is 1. The largest absolute Gasteiger partial charge is 0.480 e. The molecule has 1 aromatic carbocycles. The number of hydrogen-bond donors (Lipinski definition) is 11. The average Bonchev–Trinajstić information content (AvgIpc) is 3.36. The Morgan fingerprint density at radius 3 is 2.05 bits per heavy atom. The number of aliphatic carboxylic acids is 1. The van der Waals surface area contributed by atoms with Crippen LogP contribution in [0.2, 0.25) is 0 Å². The van der Waals surface area contributed by atoms with Crippen molar-refractivity contribution in [1.82, 2.24) is 20.9 Å². The van der Waals surface area contributed by atoms with E-state index in [-0.39, 0.29) is 50.7 Å². The molecule has 0 aliphatic rings. The summed E-state index contributed by atoms with van der Waals surface area (Å²) in [6.45, 7) is 1.67. The van der Waals surface area contributed by atoms with Crippen molar-refractivity contribution in [3.8, 4) is 0 Å². The number of fused-ring (bicyclic) bond motifs is 1. The number of aromatic amines is 1. The molecule has 2 rings (SSSR count). The summed E-state index contributed by atoms with van der Waals surface area (Å²) in [5.74, 6) is -3.92. The highest BCUT2D eigenvalue weighted by atomic mass is 16.4. The van der Waals surface area contributed by atoms with Crippen molar-refractivity contribution in [3.05, 3.63) is 36.0 Å². The second-order valence-corrected chi connectivity index (χ2v) is 10.3. The molecule has 5 unspecified atom stereocenters. The van der Waals surface area contributed by atoms with E-state index >= 15 is 0 Å². The molecule has 0 saturated heterocycles. The summed E-state index contributed by atoms with van der Waals surface area (Å²) in [6, 6.07) is 2.19. The maximum Gasteiger partial charge on any atom is 0.326 e. The molecule has 0 aliphatic heterocycles. The number of hydrogen-bond acceptors (Lipinski definition) is 8. The fraction of sp³-hybridized carbons (Fsp3) is 0.481. The van der Waals surface area contributed by atoms with Crippen LogP contribution >= 0.6 is 0 Å². The van der Waals surface area contributed by atoms with Gasteiger partial charge < -0.3 is 59.8 Å². The summed E-state index contributed by atoms with van der Waals surface area (Å²) in [6.07, 6.45) is 1.13. The van der Waals surface area contributed by atoms with Crippen LogP contribution in [0.15, 0.2) is 40.4 Å². The molecule has 0 fully saturated rings. The molecule has 17 heteroatoms. The first-order valence-corrected chi connectivity index (χ1v) is 14.0. The van der Waals surface area contributed by atoms with Gasteiger partial charge in [-0.05, 0) is 44.2 Å². The number of benzene rings is 1. The zero-order chi connectivity index (χ0) is 32.8. The minimum absolute atomic E-state index is 0.0571. The van der Waals surface area contributed by atoms with E-state index in [1.165, 1.54) is 6.92 Å². The lowest BCUT2D eigenvalue weighted by atomic mass is 10.0. The molecule has 5 atom stereocenters. The number of aliphatic imine (C=N–C) groups is 2. The average molecular weight is 618 g/mol. The Morgan fingerprint density at radius 2 is 1.45 bits per heavy atom. The maximum atomic E-state index is 13.3. The Labute approximate surface area is 254 Å². The van der Waals surface area contributed by atoms with Crippen LogP contribution in [0.3, 0.4) is 0 Å². The normalized spacial score (nSPS) is 14.3. The highest BCUT2D eigenvalue weighted by molar-refractivity contribution is 5.94. The predicted molar refractivity (Wildman–Crippen MR) is 165 cm³/mol. The van der Waals surface area contributed by atoms with Crippen molar-refractivity contribution in [3.63, 3.8) is 0 Å². The van der Waals surface area contributed by atoms with E-state index in [2.05, 4.69) is 30.9 Å². The van der Waals surface area contributed by atoms with E-state index in [9.17, 15) is 29.4 Å². The predicted octanol–water partition coefficient (Wildman–Crippen LogP) is -2.94. The molecule has 17 nitrogen and oxygen atoms in total. The van der Waals surface area contributed by atoms with Gasteiger partial charge in [-0.2, -0.15) is 0 Å². The fourth-order valence-corrected chi connectivity index (χ4v) is 4.34. The van der Waals surface area contributed by atoms with Gasteiger partial charge in [-0.25, -0.2) is 4.79 Å². The fourth-order valence-electron chi connectivity index (χ4n) is 4.34. The third-order valence-electron chi connectivity index (χ3n) is 6.66. The third-order valence-corrected chi connectivity index (χ3v) is 6.66. The first-order chi connectivity index (χ1) is 20.8. The number of rotatable bonds is 18. The maximum absolute atomic E-state index is 13.3. The molecule has 0 bridgehead atoms. The van der Waals surface area contributed by atoms with Crippen molar-refractivity contribution in [1.29, 1.82) is 0 Å². The van der Waals surface area contributed by atoms with Gasteiger partial charge in [0, 0.05) is 36.6 Å². The molecule has 242 valence electrons. The number of nitrogens with two attached hydrogens (primary N) is 5. The lowest BCUT2D eigenvalue weighted by Gasteiger charge is -2.26. The monoisotopic (exact) mass is 617 g/mol. The molecule has 0 spiro atoms. The lowest BCUT2D eigenvalue weighted by molar-refractivity contribution is -0.143. The number of aliphatic hydroxyl groups is 1. The van der Waals surface area contributed by atoms with E-state index in [0.717, 1.165) is 10.9 Å². The zero-order valence-corrected chi connectivity index (χ0v) is 24.5. The van der Waals surface area contributed by atoms with Crippen molar-refractivity contribution in [2.45, 2.75) is 69.3 Å². The number of carbonyl (C=O) groups excluding carboxylic acids is 3. The van der Waals surface area contributed by atoms with Crippen LogP contribution in [0.4, 0.5) is 0 Å². The number of carboxylic acids is 1. The van der Waals surface area contributed by atoms with Gasteiger partial charge in [-0.1, -0.05) is 18.2 Å². The van der Waals surface area contributed by atoms with E-state index in [0.29, 0.717) is 12.0 Å². The molecule has 0 radical (unpaired) electrons. The second kappa shape index (κ2) is 17.3. The molecule has 0 aliphatic carbocycles. The summed E-state index contributed by atoms with van der Waals surface area (Å²) in [4.78, 5) is 62.0. The number of carbonyl (C=O) groups is 4. The van der Waals surface area contributed by atoms with E-state index < -0.39 is 54.0 Å². The van der Waals surface area contributed by atoms with Gasteiger partial charge in [0.15, 0.2) is 11.9 Å². The van der Waals surface area contributed by atoms with Crippen LogP contribution in [0.25, 0.3) is 10.9 Å². The number of carboxylic acid groups (broad SMARTS) is 1. The van der Waals surface area contributed by atoms with Crippen LogP contribution in [0, 0.1) is 0 Å². The van der Waals surface area contributed by atoms with E-state index in [4.69, 9.17) is 28.7 Å². The lowest BCUT2D eigenvalue weighted by Crippen LogP contribution is -2.60. The number of nitrogens with one attached hydrogen (secondary N) is 4. The van der Waals surface area contributed by atoms with Gasteiger partial charge >= 0.3 is 5.97 Å². The topological polar surface area (TPSA) is 315 Å². The summed E-state index contributed by atoms with van der Waals surface area (Å²) >= 11 is 0. The second-order valence-electron chi connectivity index (χ2n) is 10.3. The van der Waals surface area contributed by atoms with Crippen LogP contribution in [0.1, 0.15) is 38.2 Å². The molecule has 16 N–H and O–H groups in total. The van der Waals surface area contributed by atoms with Crippen molar-refractivity contribution < 1.29 is 29.4 Å². The zero-order valence-electron chi connectivity index (χ0n) is 24.5. The van der Waals surface area contributed by atoms with Gasteiger partial charge in [-0.3, -0.25) is 24.4 Å². The quantitative estimate of drug-likeness (QED) is 0.0456. The third kappa shape index (κ3) is 11.4. The summed E-state index contributed by atoms with van der Waals surface area (Å²) in [7, 11) is 0. The standard InChI is InChI=1S/C27H43N11O6/c1-14(39)21(24(42)37-20(25(43)44)12-15-13-35-18-8-3-2-6-16(15)18)38-23(41)19(9-5-11-34-27(31)32)36-22(40)17(28)7-4-10-33-26(29)30/h2-3,6,8,13-14,17,19-21,35,39H,4-5,7,9-12,28H2,1H3,(H,36,40)(H,37,42)(H,38,41)(H,43,44)(H4,29,30,33)(H4,31,32,34). The summed E-state index contributed by atoms with van der Waals surface area (Å²) in [5, 5.41) is 28.3. The molecule has 2 aromatic rings. The van der Waals surface area contributed by atoms with Crippen molar-refractivity contribution in [2.24, 2.45) is 38.7 Å². The Balaban J connectivity index is 2.13. The van der Waals surface area contributed by atoms with E-state index in [1.54, 1.807) is 12.3 Å². The SMILES string of the molecule is CC(O)C(NC(=O)C(CCCN=C(N)N)NC(=O)C(N)CCCN=C(N)N)C(=O)NC(Cc1c[nH]c2ccccc12)C(=O)O. The molecular formula is C27H43N11O6. The van der Waals surface area contributed by atoms with E-state index in [1.807, 2.05) is 18.2 Å². The minimum Gasteiger partial charge on any atom is -0.480 e. The Hall–Kier alpha value is -4.90. The number of aromatic nitrogens is 1.